The van der Waals surface area contributed by atoms with Gasteiger partial charge >= 0.3 is 0 Å². The molecule has 2 aromatic carbocycles. The fraction of sp³-hybridized carbons (Fsp3) is 0.364. The van der Waals surface area contributed by atoms with E-state index in [0.29, 0.717) is 16.8 Å². The summed E-state index contributed by atoms with van der Waals surface area (Å²) >= 11 is 0. The second-order valence-corrected chi connectivity index (χ2v) is 7.08. The fourth-order valence-electron chi connectivity index (χ4n) is 3.17. The third kappa shape index (κ3) is 5.09. The highest BCUT2D eigenvalue weighted by Gasteiger charge is 2.18. The number of anilines is 1. The van der Waals surface area contributed by atoms with Gasteiger partial charge in [0, 0.05) is 29.9 Å². The lowest BCUT2D eigenvalue weighted by Crippen LogP contribution is -2.35. The summed E-state index contributed by atoms with van der Waals surface area (Å²) in [7, 11) is 0. The number of benzene rings is 2. The molecule has 0 bridgehead atoms. The summed E-state index contributed by atoms with van der Waals surface area (Å²) in [6, 6.07) is 14.2. The van der Waals surface area contributed by atoms with Crippen LogP contribution in [0.3, 0.4) is 0 Å². The van der Waals surface area contributed by atoms with Crippen LogP contribution in [-0.4, -0.2) is 35.9 Å². The Balaban J connectivity index is 1.66. The van der Waals surface area contributed by atoms with Crippen LogP contribution in [0.4, 0.5) is 5.69 Å². The van der Waals surface area contributed by atoms with E-state index in [-0.39, 0.29) is 17.9 Å². The van der Waals surface area contributed by atoms with Gasteiger partial charge in [-0.1, -0.05) is 6.07 Å². The van der Waals surface area contributed by atoms with E-state index < -0.39 is 0 Å². The Bertz CT molecular complexity index is 793. The smallest absolute Gasteiger partial charge is 0.255 e. The first-order valence-electron chi connectivity index (χ1n) is 9.50. The summed E-state index contributed by atoms with van der Waals surface area (Å²) in [5.41, 5.74) is 1.76. The molecular formula is C22H26N2O3. The van der Waals surface area contributed by atoms with Gasteiger partial charge in [-0.3, -0.25) is 9.59 Å². The average molecular weight is 366 g/mol. The van der Waals surface area contributed by atoms with Gasteiger partial charge < -0.3 is 15.0 Å². The molecule has 1 aliphatic rings. The largest absolute Gasteiger partial charge is 0.491 e. The summed E-state index contributed by atoms with van der Waals surface area (Å²) in [6.07, 6.45) is 3.38. The second-order valence-electron chi connectivity index (χ2n) is 7.08. The molecular weight excluding hydrogens is 340 g/mol. The number of amides is 2. The Labute approximate surface area is 160 Å². The van der Waals surface area contributed by atoms with Crippen molar-refractivity contribution in [1.82, 2.24) is 4.90 Å². The van der Waals surface area contributed by atoms with Crippen LogP contribution in [0.25, 0.3) is 0 Å². The zero-order valence-electron chi connectivity index (χ0n) is 15.9. The van der Waals surface area contributed by atoms with E-state index in [1.807, 2.05) is 18.7 Å². The Hall–Kier alpha value is -2.82. The number of nitrogens with zero attached hydrogens (tertiary/aromatic N) is 1. The van der Waals surface area contributed by atoms with Crippen molar-refractivity contribution in [2.75, 3.05) is 18.4 Å². The molecule has 0 saturated carbocycles. The number of likely N-dealkylation sites (tertiary alicyclic amines) is 1. The van der Waals surface area contributed by atoms with Crippen molar-refractivity contribution in [2.24, 2.45) is 0 Å². The van der Waals surface area contributed by atoms with E-state index >= 15 is 0 Å². The van der Waals surface area contributed by atoms with Crippen LogP contribution in [-0.2, 0) is 0 Å². The summed E-state index contributed by atoms with van der Waals surface area (Å²) < 4.78 is 5.59. The molecule has 0 aliphatic carbocycles. The monoisotopic (exact) mass is 366 g/mol. The number of carbonyl (C=O) groups excluding carboxylic acids is 2. The predicted octanol–water partition coefficient (Wildman–Crippen LogP) is 4.35. The molecule has 27 heavy (non-hydrogen) atoms. The van der Waals surface area contributed by atoms with Gasteiger partial charge in [-0.25, -0.2) is 0 Å². The quantitative estimate of drug-likeness (QED) is 0.856. The first-order valence-corrected chi connectivity index (χ1v) is 9.50. The molecule has 5 heteroatoms. The number of nitrogens with one attached hydrogen (secondary N) is 1. The van der Waals surface area contributed by atoms with Crippen molar-refractivity contribution in [2.45, 2.75) is 39.2 Å². The molecule has 142 valence electrons. The van der Waals surface area contributed by atoms with Crippen molar-refractivity contribution in [3.05, 3.63) is 59.7 Å². The summed E-state index contributed by atoms with van der Waals surface area (Å²) in [6.45, 7) is 5.53. The standard InChI is InChI=1S/C22H26N2O3/c1-16(2)27-20-11-9-17(10-12-20)21(25)23-19-8-6-7-18(15-19)22(26)24-13-4-3-5-14-24/h6-12,15-16H,3-5,13-14H2,1-2H3,(H,23,25). The van der Waals surface area contributed by atoms with Crippen molar-refractivity contribution in [3.63, 3.8) is 0 Å². The molecule has 1 saturated heterocycles. The minimum atomic E-state index is -0.214. The molecule has 0 radical (unpaired) electrons. The molecule has 1 fully saturated rings. The number of hydrogen-bond donors (Lipinski definition) is 1. The first-order chi connectivity index (χ1) is 13.0. The maximum Gasteiger partial charge on any atom is 0.255 e. The molecule has 0 aromatic heterocycles. The van der Waals surface area contributed by atoms with Crippen LogP contribution in [0.5, 0.6) is 5.75 Å². The van der Waals surface area contributed by atoms with Crippen molar-refractivity contribution in [3.8, 4) is 5.75 Å². The Kier molecular flexibility index (Phi) is 6.12. The minimum Gasteiger partial charge on any atom is -0.491 e. The molecule has 1 N–H and O–H groups in total. The van der Waals surface area contributed by atoms with Gasteiger partial charge in [0.05, 0.1) is 6.10 Å². The van der Waals surface area contributed by atoms with Crippen LogP contribution >= 0.6 is 0 Å². The number of piperidine rings is 1. The van der Waals surface area contributed by atoms with Crippen LogP contribution in [0, 0.1) is 0 Å². The Morgan fingerprint density at radius 1 is 0.963 bits per heavy atom. The lowest BCUT2D eigenvalue weighted by molar-refractivity contribution is 0.0724. The van der Waals surface area contributed by atoms with E-state index in [2.05, 4.69) is 5.32 Å². The molecule has 0 unspecified atom stereocenters. The summed E-state index contributed by atoms with van der Waals surface area (Å²) in [5, 5.41) is 2.87. The molecule has 0 spiro atoms. The first kappa shape index (κ1) is 19.0. The van der Waals surface area contributed by atoms with Crippen LogP contribution in [0.2, 0.25) is 0 Å². The lowest BCUT2D eigenvalue weighted by Gasteiger charge is -2.26. The topological polar surface area (TPSA) is 58.6 Å². The third-order valence-electron chi connectivity index (χ3n) is 4.50. The Morgan fingerprint density at radius 2 is 1.67 bits per heavy atom. The minimum absolute atomic E-state index is 0.0287. The number of ether oxygens (including phenoxy) is 1. The predicted molar refractivity (Wildman–Crippen MR) is 106 cm³/mol. The third-order valence-corrected chi connectivity index (χ3v) is 4.50. The number of hydrogen-bond acceptors (Lipinski definition) is 3. The van der Waals surface area contributed by atoms with Gasteiger partial charge in [-0.2, -0.15) is 0 Å². The molecule has 1 heterocycles. The average Bonchev–Trinajstić information content (AvgIpc) is 2.68. The summed E-state index contributed by atoms with van der Waals surface area (Å²) in [5.74, 6) is 0.547. The van der Waals surface area contributed by atoms with E-state index in [1.54, 1.807) is 48.5 Å². The van der Waals surface area contributed by atoms with E-state index in [0.717, 1.165) is 31.7 Å². The van der Waals surface area contributed by atoms with Gasteiger partial charge in [-0.05, 0) is 75.6 Å². The van der Waals surface area contributed by atoms with Crippen LogP contribution in [0.1, 0.15) is 53.8 Å². The van der Waals surface area contributed by atoms with Crippen LogP contribution in [0.15, 0.2) is 48.5 Å². The lowest BCUT2D eigenvalue weighted by atomic mass is 10.1. The zero-order valence-corrected chi connectivity index (χ0v) is 15.9. The SMILES string of the molecule is CC(C)Oc1ccc(C(=O)Nc2cccc(C(=O)N3CCCCC3)c2)cc1. The summed E-state index contributed by atoms with van der Waals surface area (Å²) in [4.78, 5) is 27.0. The fourth-order valence-corrected chi connectivity index (χ4v) is 3.17. The van der Waals surface area contributed by atoms with Gasteiger partial charge in [0.25, 0.3) is 11.8 Å². The second kappa shape index (κ2) is 8.71. The molecule has 2 aromatic rings. The van der Waals surface area contributed by atoms with E-state index in [9.17, 15) is 9.59 Å². The van der Waals surface area contributed by atoms with Gasteiger partial charge in [0.2, 0.25) is 0 Å². The van der Waals surface area contributed by atoms with Gasteiger partial charge in [0.15, 0.2) is 0 Å². The molecule has 5 nitrogen and oxygen atoms in total. The normalized spacial score (nSPS) is 14.1. The molecule has 0 atom stereocenters. The van der Waals surface area contributed by atoms with Crippen molar-refractivity contribution in [1.29, 1.82) is 0 Å². The maximum absolute atomic E-state index is 12.6. The highest BCUT2D eigenvalue weighted by Crippen LogP contribution is 2.18. The van der Waals surface area contributed by atoms with E-state index in [1.165, 1.54) is 6.42 Å². The highest BCUT2D eigenvalue weighted by molar-refractivity contribution is 6.05. The molecule has 3 rings (SSSR count). The highest BCUT2D eigenvalue weighted by atomic mass is 16.5. The number of carbonyl (C=O) groups is 2. The zero-order chi connectivity index (χ0) is 19.2. The van der Waals surface area contributed by atoms with Crippen molar-refractivity contribution >= 4 is 17.5 Å². The van der Waals surface area contributed by atoms with Crippen molar-refractivity contribution < 1.29 is 14.3 Å². The maximum atomic E-state index is 12.6. The van der Waals surface area contributed by atoms with Gasteiger partial charge in [0.1, 0.15) is 5.75 Å². The number of rotatable bonds is 5. The van der Waals surface area contributed by atoms with Gasteiger partial charge in [-0.15, -0.1) is 0 Å². The molecule has 2 amide bonds. The molecule has 1 aliphatic heterocycles. The Morgan fingerprint density at radius 3 is 2.33 bits per heavy atom. The van der Waals surface area contributed by atoms with E-state index in [4.69, 9.17) is 4.74 Å². The van der Waals surface area contributed by atoms with Crippen LogP contribution < -0.4 is 10.1 Å².